The van der Waals surface area contributed by atoms with Gasteiger partial charge in [0.25, 0.3) is 5.91 Å². The Morgan fingerprint density at radius 3 is 1.97 bits per heavy atom. The van der Waals surface area contributed by atoms with Crippen molar-refractivity contribution < 1.29 is 13.9 Å². The van der Waals surface area contributed by atoms with Crippen LogP contribution in [0.1, 0.15) is 33.0 Å². The van der Waals surface area contributed by atoms with Crippen molar-refractivity contribution in [2.24, 2.45) is 0 Å². The number of furan rings is 1. The minimum absolute atomic E-state index is 0.0274. The fraction of sp³-hybridized carbons (Fsp3) is 0.281. The third-order valence-corrected chi connectivity index (χ3v) is 6.97. The molecule has 0 unspecified atom stereocenters. The zero-order valence-corrected chi connectivity index (χ0v) is 22.0. The predicted octanol–water partition coefficient (Wildman–Crippen LogP) is 5.45. The van der Waals surface area contributed by atoms with Crippen LogP contribution in [0.15, 0.2) is 101 Å². The number of carbonyl (C=O) groups excluding carboxylic acids is 1. The lowest BCUT2D eigenvalue weighted by atomic mass is 10.1. The van der Waals surface area contributed by atoms with Crippen LogP contribution in [0.5, 0.6) is 5.75 Å². The molecule has 6 nitrogen and oxygen atoms in total. The van der Waals surface area contributed by atoms with E-state index in [0.717, 1.165) is 44.2 Å². The average Bonchev–Trinajstić information content (AvgIpc) is 3.43. The van der Waals surface area contributed by atoms with Gasteiger partial charge in [-0.05, 0) is 41.0 Å². The molecule has 4 aromatic rings. The van der Waals surface area contributed by atoms with Gasteiger partial charge in [-0.15, -0.1) is 0 Å². The molecule has 6 heteroatoms. The van der Waals surface area contributed by atoms with Crippen LogP contribution in [0.3, 0.4) is 0 Å². The molecule has 0 spiro atoms. The Morgan fingerprint density at radius 2 is 1.34 bits per heavy atom. The summed E-state index contributed by atoms with van der Waals surface area (Å²) in [5.41, 5.74) is 3.73. The van der Waals surface area contributed by atoms with Crippen molar-refractivity contribution in [3.8, 4) is 5.75 Å². The van der Waals surface area contributed by atoms with Gasteiger partial charge < -0.3 is 14.1 Å². The lowest BCUT2D eigenvalue weighted by molar-refractivity contribution is 0.0594. The summed E-state index contributed by atoms with van der Waals surface area (Å²) in [6, 6.07) is 32.8. The van der Waals surface area contributed by atoms with E-state index in [4.69, 9.17) is 9.15 Å². The Balaban J connectivity index is 1.20. The zero-order chi connectivity index (χ0) is 26.2. The molecular weight excluding hydrogens is 474 g/mol. The second-order valence-corrected chi connectivity index (χ2v) is 9.80. The van der Waals surface area contributed by atoms with E-state index < -0.39 is 0 Å². The van der Waals surface area contributed by atoms with Gasteiger partial charge in [0.05, 0.1) is 13.7 Å². The SMILES string of the molecule is COc1ccc(CN(Cc2ccccc2)Cc2ccc(C(=O)N3CCN(Cc4ccccc4)CC3)o2)cc1. The second kappa shape index (κ2) is 12.6. The van der Waals surface area contributed by atoms with Gasteiger partial charge in [0, 0.05) is 45.8 Å². The van der Waals surface area contributed by atoms with Crippen LogP contribution in [0.2, 0.25) is 0 Å². The average molecular weight is 510 g/mol. The smallest absolute Gasteiger partial charge is 0.289 e. The van der Waals surface area contributed by atoms with Gasteiger partial charge in [-0.2, -0.15) is 0 Å². The number of piperazine rings is 1. The Morgan fingerprint density at radius 1 is 0.737 bits per heavy atom. The van der Waals surface area contributed by atoms with E-state index in [1.54, 1.807) is 7.11 Å². The molecule has 1 fully saturated rings. The third-order valence-electron chi connectivity index (χ3n) is 6.97. The van der Waals surface area contributed by atoms with Crippen molar-refractivity contribution in [1.82, 2.24) is 14.7 Å². The summed E-state index contributed by atoms with van der Waals surface area (Å²) >= 11 is 0. The molecule has 3 aromatic carbocycles. The molecule has 5 rings (SSSR count). The molecule has 0 aliphatic carbocycles. The number of benzene rings is 3. The van der Waals surface area contributed by atoms with Crippen molar-refractivity contribution in [2.45, 2.75) is 26.2 Å². The molecule has 196 valence electrons. The quantitative estimate of drug-likeness (QED) is 0.285. The van der Waals surface area contributed by atoms with Gasteiger partial charge in [-0.1, -0.05) is 72.8 Å². The number of amides is 1. The fourth-order valence-corrected chi connectivity index (χ4v) is 4.90. The normalized spacial score (nSPS) is 14.1. The number of methoxy groups -OCH3 is 1. The van der Waals surface area contributed by atoms with E-state index in [9.17, 15) is 4.79 Å². The zero-order valence-electron chi connectivity index (χ0n) is 22.0. The molecular formula is C32H35N3O3. The van der Waals surface area contributed by atoms with Crippen LogP contribution in [-0.4, -0.2) is 53.9 Å². The number of hydrogen-bond acceptors (Lipinski definition) is 5. The Bertz CT molecular complexity index is 1280. The minimum atomic E-state index is -0.0274. The first-order valence-electron chi connectivity index (χ1n) is 13.2. The predicted molar refractivity (Wildman–Crippen MR) is 149 cm³/mol. The summed E-state index contributed by atoms with van der Waals surface area (Å²) in [6.07, 6.45) is 0. The van der Waals surface area contributed by atoms with Gasteiger partial charge >= 0.3 is 0 Å². The minimum Gasteiger partial charge on any atom is -0.497 e. The molecule has 1 saturated heterocycles. The van der Waals surface area contributed by atoms with Crippen LogP contribution in [0.25, 0.3) is 0 Å². The second-order valence-electron chi connectivity index (χ2n) is 9.80. The molecule has 1 amide bonds. The topological polar surface area (TPSA) is 49.2 Å². The largest absolute Gasteiger partial charge is 0.497 e. The first kappa shape index (κ1) is 25.8. The summed E-state index contributed by atoms with van der Waals surface area (Å²) in [6.45, 7) is 6.20. The lowest BCUT2D eigenvalue weighted by Crippen LogP contribution is -2.48. The molecule has 1 aliphatic heterocycles. The molecule has 0 N–H and O–H groups in total. The highest BCUT2D eigenvalue weighted by molar-refractivity contribution is 5.91. The highest BCUT2D eigenvalue weighted by atomic mass is 16.5. The van der Waals surface area contributed by atoms with E-state index >= 15 is 0 Å². The van der Waals surface area contributed by atoms with Gasteiger partial charge in [0.2, 0.25) is 0 Å². The van der Waals surface area contributed by atoms with Crippen molar-refractivity contribution >= 4 is 5.91 Å². The highest BCUT2D eigenvalue weighted by Crippen LogP contribution is 2.20. The molecule has 2 heterocycles. The lowest BCUT2D eigenvalue weighted by Gasteiger charge is -2.34. The molecule has 0 atom stereocenters. The van der Waals surface area contributed by atoms with Gasteiger partial charge in [0.1, 0.15) is 11.5 Å². The van der Waals surface area contributed by atoms with E-state index in [0.29, 0.717) is 25.4 Å². The Kier molecular flexibility index (Phi) is 8.53. The van der Waals surface area contributed by atoms with E-state index in [1.807, 2.05) is 41.3 Å². The Hall–Kier alpha value is -3.87. The number of nitrogens with zero attached hydrogens (tertiary/aromatic N) is 3. The van der Waals surface area contributed by atoms with Crippen LogP contribution >= 0.6 is 0 Å². The Labute approximate surface area is 225 Å². The fourth-order valence-electron chi connectivity index (χ4n) is 4.90. The van der Waals surface area contributed by atoms with Crippen LogP contribution in [-0.2, 0) is 26.2 Å². The number of ether oxygens (including phenoxy) is 1. The molecule has 38 heavy (non-hydrogen) atoms. The van der Waals surface area contributed by atoms with E-state index in [2.05, 4.69) is 70.5 Å². The molecule has 0 radical (unpaired) electrons. The number of hydrogen-bond donors (Lipinski definition) is 0. The van der Waals surface area contributed by atoms with Crippen LogP contribution in [0.4, 0.5) is 0 Å². The van der Waals surface area contributed by atoms with Gasteiger partial charge in [-0.3, -0.25) is 14.6 Å². The van der Waals surface area contributed by atoms with Crippen molar-refractivity contribution in [1.29, 1.82) is 0 Å². The summed E-state index contributed by atoms with van der Waals surface area (Å²) in [5.74, 6) is 2.03. The van der Waals surface area contributed by atoms with Crippen LogP contribution < -0.4 is 4.74 Å². The standard InChI is InChI=1S/C32H35N3O3/c1-37-29-14-12-28(13-15-29)24-34(23-27-10-6-3-7-11-27)25-30-16-17-31(38-30)32(36)35-20-18-33(19-21-35)22-26-8-4-2-5-9-26/h2-17H,18-25H2,1H3. The van der Waals surface area contributed by atoms with Crippen molar-refractivity contribution in [2.75, 3.05) is 33.3 Å². The van der Waals surface area contributed by atoms with Gasteiger partial charge in [-0.25, -0.2) is 0 Å². The summed E-state index contributed by atoms with van der Waals surface area (Å²) < 4.78 is 11.4. The monoisotopic (exact) mass is 509 g/mol. The van der Waals surface area contributed by atoms with Crippen molar-refractivity contribution in [3.63, 3.8) is 0 Å². The third kappa shape index (κ3) is 6.91. The summed E-state index contributed by atoms with van der Waals surface area (Å²) in [4.78, 5) is 19.8. The molecule has 1 aromatic heterocycles. The van der Waals surface area contributed by atoms with Crippen molar-refractivity contribution in [3.05, 3.63) is 125 Å². The maximum Gasteiger partial charge on any atom is 0.289 e. The van der Waals surface area contributed by atoms with Gasteiger partial charge in [0.15, 0.2) is 5.76 Å². The molecule has 1 aliphatic rings. The summed E-state index contributed by atoms with van der Waals surface area (Å²) in [5, 5.41) is 0. The van der Waals surface area contributed by atoms with E-state index in [1.165, 1.54) is 16.7 Å². The first-order valence-corrected chi connectivity index (χ1v) is 13.2. The van der Waals surface area contributed by atoms with E-state index in [-0.39, 0.29) is 5.91 Å². The first-order chi connectivity index (χ1) is 18.7. The number of carbonyl (C=O) groups is 1. The maximum atomic E-state index is 13.2. The molecule has 0 bridgehead atoms. The maximum absolute atomic E-state index is 13.2. The highest BCUT2D eigenvalue weighted by Gasteiger charge is 2.24. The molecule has 0 saturated carbocycles. The van der Waals surface area contributed by atoms with Crippen LogP contribution in [0, 0.1) is 0 Å². The summed E-state index contributed by atoms with van der Waals surface area (Å²) in [7, 11) is 1.68. The number of rotatable bonds is 10.